The van der Waals surface area contributed by atoms with Crippen molar-refractivity contribution in [2.24, 2.45) is 0 Å². The second kappa shape index (κ2) is 7.41. The lowest BCUT2D eigenvalue weighted by atomic mass is 10.1. The SMILES string of the molecule is COC(=O)C1=C(C(=O)OC)N(c2cc(Br)ccc2[N+](=O)[O-])COC1. The molecule has 0 fully saturated rings. The van der Waals surface area contributed by atoms with Crippen LogP contribution < -0.4 is 4.90 Å². The lowest BCUT2D eigenvalue weighted by molar-refractivity contribution is -0.384. The molecule has 0 atom stereocenters. The van der Waals surface area contributed by atoms with Gasteiger partial charge in [0, 0.05) is 10.5 Å². The zero-order valence-electron chi connectivity index (χ0n) is 12.8. The predicted octanol–water partition coefficient (Wildman–Crippen LogP) is 1.75. The van der Waals surface area contributed by atoms with Gasteiger partial charge < -0.3 is 19.1 Å². The first-order chi connectivity index (χ1) is 11.4. The van der Waals surface area contributed by atoms with Crippen LogP contribution in [0.1, 0.15) is 0 Å². The van der Waals surface area contributed by atoms with E-state index in [1.165, 1.54) is 23.1 Å². The number of benzene rings is 1. The summed E-state index contributed by atoms with van der Waals surface area (Å²) in [6, 6.07) is 4.22. The molecule has 0 bridgehead atoms. The van der Waals surface area contributed by atoms with Crippen molar-refractivity contribution in [3.63, 3.8) is 0 Å². The predicted molar refractivity (Wildman–Crippen MR) is 85.2 cm³/mol. The van der Waals surface area contributed by atoms with Gasteiger partial charge in [-0.1, -0.05) is 15.9 Å². The first kappa shape index (κ1) is 17.9. The van der Waals surface area contributed by atoms with E-state index in [1.807, 2.05) is 0 Å². The van der Waals surface area contributed by atoms with E-state index < -0.39 is 16.9 Å². The Kier molecular flexibility index (Phi) is 5.52. The fourth-order valence-corrected chi connectivity index (χ4v) is 2.55. The third-order valence-corrected chi connectivity index (χ3v) is 3.75. The molecule has 1 heterocycles. The van der Waals surface area contributed by atoms with Crippen molar-refractivity contribution >= 4 is 39.2 Å². The smallest absolute Gasteiger partial charge is 0.355 e. The number of carbonyl (C=O) groups is 2. The van der Waals surface area contributed by atoms with Gasteiger partial charge in [-0.15, -0.1) is 0 Å². The number of hydrogen-bond donors (Lipinski definition) is 0. The van der Waals surface area contributed by atoms with Crippen molar-refractivity contribution in [2.45, 2.75) is 0 Å². The van der Waals surface area contributed by atoms with Crippen LogP contribution in [0.5, 0.6) is 0 Å². The minimum atomic E-state index is -0.826. The van der Waals surface area contributed by atoms with Crippen molar-refractivity contribution in [3.05, 3.63) is 44.1 Å². The Bertz CT molecular complexity index is 732. The summed E-state index contributed by atoms with van der Waals surface area (Å²) >= 11 is 3.23. The number of nitro benzene ring substituents is 1. The molecule has 0 radical (unpaired) electrons. The van der Waals surface area contributed by atoms with Crippen molar-refractivity contribution in [2.75, 3.05) is 32.5 Å². The van der Waals surface area contributed by atoms with Crippen molar-refractivity contribution < 1.29 is 28.7 Å². The summed E-state index contributed by atoms with van der Waals surface area (Å²) < 4.78 is 15.2. The van der Waals surface area contributed by atoms with E-state index in [-0.39, 0.29) is 36.0 Å². The molecule has 0 amide bonds. The Hall–Kier alpha value is -2.46. The Morgan fingerprint density at radius 1 is 1.29 bits per heavy atom. The van der Waals surface area contributed by atoms with Gasteiger partial charge in [0.1, 0.15) is 18.1 Å². The monoisotopic (exact) mass is 400 g/mol. The molecule has 128 valence electrons. The molecule has 2 rings (SSSR count). The van der Waals surface area contributed by atoms with Crippen LogP contribution in [0.15, 0.2) is 33.9 Å². The largest absolute Gasteiger partial charge is 0.466 e. The summed E-state index contributed by atoms with van der Waals surface area (Å²) in [5.74, 6) is -1.61. The second-order valence-corrected chi connectivity index (χ2v) is 5.52. The van der Waals surface area contributed by atoms with Crippen LogP contribution in [0.2, 0.25) is 0 Å². The third kappa shape index (κ3) is 3.39. The van der Waals surface area contributed by atoms with Gasteiger partial charge in [-0.05, 0) is 12.1 Å². The highest BCUT2D eigenvalue weighted by Crippen LogP contribution is 2.35. The number of ether oxygens (including phenoxy) is 3. The Balaban J connectivity index is 2.68. The number of methoxy groups -OCH3 is 2. The van der Waals surface area contributed by atoms with Gasteiger partial charge >= 0.3 is 11.9 Å². The Morgan fingerprint density at radius 3 is 2.54 bits per heavy atom. The molecule has 0 saturated carbocycles. The minimum Gasteiger partial charge on any atom is -0.466 e. The molecule has 1 aliphatic heterocycles. The van der Waals surface area contributed by atoms with E-state index in [0.29, 0.717) is 4.47 Å². The fraction of sp³-hybridized carbons (Fsp3) is 0.286. The number of anilines is 1. The molecule has 0 N–H and O–H groups in total. The first-order valence-corrected chi connectivity index (χ1v) is 7.39. The molecule has 9 nitrogen and oxygen atoms in total. The van der Waals surface area contributed by atoms with Gasteiger partial charge in [0.05, 0.1) is 31.3 Å². The van der Waals surface area contributed by atoms with Crippen LogP contribution in [0.3, 0.4) is 0 Å². The number of halogens is 1. The summed E-state index contributed by atoms with van der Waals surface area (Å²) in [5.41, 5.74) is -0.410. The molecule has 24 heavy (non-hydrogen) atoms. The quantitative estimate of drug-likeness (QED) is 0.427. The van der Waals surface area contributed by atoms with E-state index in [9.17, 15) is 19.7 Å². The lowest BCUT2D eigenvalue weighted by Crippen LogP contribution is -2.39. The van der Waals surface area contributed by atoms with Gasteiger partial charge in [-0.3, -0.25) is 10.1 Å². The van der Waals surface area contributed by atoms with Gasteiger partial charge in [0.25, 0.3) is 5.69 Å². The molecule has 10 heteroatoms. The molecular formula is C14H13BrN2O7. The Morgan fingerprint density at radius 2 is 1.96 bits per heavy atom. The van der Waals surface area contributed by atoms with E-state index in [0.717, 1.165) is 14.2 Å². The second-order valence-electron chi connectivity index (χ2n) is 4.61. The molecular weight excluding hydrogens is 388 g/mol. The molecule has 0 unspecified atom stereocenters. The zero-order chi connectivity index (χ0) is 17.9. The van der Waals surface area contributed by atoms with Gasteiger partial charge in [0.15, 0.2) is 0 Å². The van der Waals surface area contributed by atoms with Crippen LogP contribution in [0, 0.1) is 10.1 Å². The average molecular weight is 401 g/mol. The maximum absolute atomic E-state index is 12.2. The summed E-state index contributed by atoms with van der Waals surface area (Å²) in [5, 5.41) is 11.3. The lowest BCUT2D eigenvalue weighted by Gasteiger charge is -2.30. The summed E-state index contributed by atoms with van der Waals surface area (Å²) in [7, 11) is 2.30. The maximum atomic E-state index is 12.2. The molecule has 0 saturated heterocycles. The maximum Gasteiger partial charge on any atom is 0.355 e. The summed E-state index contributed by atoms with van der Waals surface area (Å²) in [6.07, 6.45) is 0. The van der Waals surface area contributed by atoms with Crippen molar-refractivity contribution in [1.29, 1.82) is 0 Å². The van der Waals surface area contributed by atoms with Crippen molar-refractivity contribution in [3.8, 4) is 0 Å². The normalized spacial score (nSPS) is 14.4. The van der Waals surface area contributed by atoms with Crippen LogP contribution in [-0.2, 0) is 23.8 Å². The van der Waals surface area contributed by atoms with Gasteiger partial charge in [0.2, 0.25) is 0 Å². The molecule has 0 aliphatic carbocycles. The number of nitro groups is 1. The van der Waals surface area contributed by atoms with Crippen LogP contribution in [0.4, 0.5) is 11.4 Å². The molecule has 1 aliphatic rings. The molecule has 0 aromatic heterocycles. The molecule has 1 aromatic carbocycles. The van der Waals surface area contributed by atoms with Gasteiger partial charge in [-0.2, -0.15) is 0 Å². The summed E-state index contributed by atoms with van der Waals surface area (Å²) in [6.45, 7) is -0.336. The minimum absolute atomic E-state index is 0.0788. The fourth-order valence-electron chi connectivity index (χ4n) is 2.20. The number of nitrogens with zero attached hydrogens (tertiary/aromatic N) is 2. The van der Waals surface area contributed by atoms with Gasteiger partial charge in [-0.25, -0.2) is 9.59 Å². The van der Waals surface area contributed by atoms with E-state index in [1.54, 1.807) is 0 Å². The number of esters is 2. The standard InChI is InChI=1S/C14H13BrN2O7/c1-22-13(18)9-6-24-7-16(12(9)14(19)23-2)11-5-8(15)3-4-10(11)17(20)21/h3-5H,6-7H2,1-2H3. The zero-order valence-corrected chi connectivity index (χ0v) is 14.4. The highest BCUT2D eigenvalue weighted by Gasteiger charge is 2.35. The third-order valence-electron chi connectivity index (χ3n) is 3.26. The van der Waals surface area contributed by atoms with Crippen molar-refractivity contribution in [1.82, 2.24) is 0 Å². The number of hydrogen-bond acceptors (Lipinski definition) is 8. The summed E-state index contributed by atoms with van der Waals surface area (Å²) in [4.78, 5) is 36.0. The Labute approximate surface area is 145 Å². The topological polar surface area (TPSA) is 108 Å². The highest BCUT2D eigenvalue weighted by molar-refractivity contribution is 9.10. The first-order valence-electron chi connectivity index (χ1n) is 6.59. The van der Waals surface area contributed by atoms with Crippen LogP contribution >= 0.6 is 15.9 Å². The van der Waals surface area contributed by atoms with E-state index >= 15 is 0 Å². The van der Waals surface area contributed by atoms with E-state index in [2.05, 4.69) is 20.7 Å². The highest BCUT2D eigenvalue weighted by atomic mass is 79.9. The van der Waals surface area contributed by atoms with Crippen LogP contribution in [0.25, 0.3) is 0 Å². The molecule has 1 aromatic rings. The average Bonchev–Trinajstić information content (AvgIpc) is 2.59. The molecule has 0 spiro atoms. The number of carbonyl (C=O) groups excluding carboxylic acids is 2. The van der Waals surface area contributed by atoms with Crippen LogP contribution in [-0.4, -0.2) is 44.4 Å². The number of rotatable bonds is 4. The van der Waals surface area contributed by atoms with E-state index in [4.69, 9.17) is 9.47 Å².